The minimum atomic E-state index is -2.34. The molecule has 0 aromatic carbocycles. The zero-order valence-electron chi connectivity index (χ0n) is 6.17. The number of ether oxygens (including phenoxy) is 1. The third kappa shape index (κ3) is 2.71. The number of aliphatic hydroxyl groups is 1. The highest BCUT2D eigenvalue weighted by Gasteiger charge is 2.26. The van der Waals surface area contributed by atoms with Gasteiger partial charge in [0.2, 0.25) is 6.43 Å². The second kappa shape index (κ2) is 3.97. The van der Waals surface area contributed by atoms with Gasteiger partial charge in [0.05, 0.1) is 12.7 Å². The van der Waals surface area contributed by atoms with Crippen molar-refractivity contribution < 1.29 is 18.6 Å². The van der Waals surface area contributed by atoms with E-state index in [9.17, 15) is 13.9 Å². The number of rotatable bonds is 2. The first-order chi connectivity index (χ1) is 5.20. The molecule has 0 amide bonds. The molecule has 0 radical (unpaired) electrons. The predicted molar refractivity (Wildman–Crippen MR) is 35.6 cm³/mol. The Labute approximate surface area is 64.2 Å². The number of hydrogen-bond acceptors (Lipinski definition) is 2. The van der Waals surface area contributed by atoms with Crippen LogP contribution >= 0.6 is 0 Å². The smallest absolute Gasteiger partial charge is 0.239 e. The Bertz CT molecular complexity index is 119. The molecular formula is C7H12F2O2. The van der Waals surface area contributed by atoms with Crippen molar-refractivity contribution in [2.45, 2.75) is 25.4 Å². The van der Waals surface area contributed by atoms with Crippen LogP contribution in [0, 0.1) is 5.92 Å². The predicted octanol–water partition coefficient (Wildman–Crippen LogP) is 1.04. The van der Waals surface area contributed by atoms with Gasteiger partial charge in [-0.2, -0.15) is 0 Å². The largest absolute Gasteiger partial charge is 0.393 e. The molecule has 1 fully saturated rings. The SMILES string of the molecule is OC1CCOCC1CC(F)F. The first kappa shape index (κ1) is 8.87. The van der Waals surface area contributed by atoms with Crippen molar-refractivity contribution in [3.8, 4) is 0 Å². The lowest BCUT2D eigenvalue weighted by Crippen LogP contribution is -2.33. The molecule has 2 nitrogen and oxygen atoms in total. The highest BCUT2D eigenvalue weighted by molar-refractivity contribution is 4.72. The van der Waals surface area contributed by atoms with Crippen LogP contribution in [0.15, 0.2) is 0 Å². The number of halogens is 2. The lowest BCUT2D eigenvalue weighted by Gasteiger charge is -2.27. The number of alkyl halides is 2. The molecule has 2 unspecified atom stereocenters. The van der Waals surface area contributed by atoms with Gasteiger partial charge in [-0.1, -0.05) is 0 Å². The van der Waals surface area contributed by atoms with Gasteiger partial charge < -0.3 is 9.84 Å². The van der Waals surface area contributed by atoms with E-state index in [1.54, 1.807) is 0 Å². The van der Waals surface area contributed by atoms with Crippen LogP contribution in [0.3, 0.4) is 0 Å². The van der Waals surface area contributed by atoms with Crippen LogP contribution in [0.4, 0.5) is 8.78 Å². The van der Waals surface area contributed by atoms with Crippen LogP contribution in [0.5, 0.6) is 0 Å². The van der Waals surface area contributed by atoms with Gasteiger partial charge in [0, 0.05) is 18.9 Å². The lowest BCUT2D eigenvalue weighted by atomic mass is 9.96. The summed E-state index contributed by atoms with van der Waals surface area (Å²) in [7, 11) is 0. The quantitative estimate of drug-likeness (QED) is 0.664. The van der Waals surface area contributed by atoms with E-state index < -0.39 is 12.5 Å². The van der Waals surface area contributed by atoms with Gasteiger partial charge in [-0.05, 0) is 6.42 Å². The molecule has 1 rings (SSSR count). The topological polar surface area (TPSA) is 29.5 Å². The summed E-state index contributed by atoms with van der Waals surface area (Å²) in [4.78, 5) is 0. The van der Waals surface area contributed by atoms with Crippen molar-refractivity contribution in [1.29, 1.82) is 0 Å². The first-order valence-electron chi connectivity index (χ1n) is 3.74. The van der Waals surface area contributed by atoms with Crippen LogP contribution in [0.1, 0.15) is 12.8 Å². The van der Waals surface area contributed by atoms with Gasteiger partial charge in [0.15, 0.2) is 0 Å². The molecule has 1 N–H and O–H groups in total. The van der Waals surface area contributed by atoms with Gasteiger partial charge in [-0.3, -0.25) is 0 Å². The molecule has 0 aromatic heterocycles. The Morgan fingerprint density at radius 1 is 1.55 bits per heavy atom. The van der Waals surface area contributed by atoms with Crippen LogP contribution in [-0.2, 0) is 4.74 Å². The highest BCUT2D eigenvalue weighted by Crippen LogP contribution is 2.21. The van der Waals surface area contributed by atoms with Crippen molar-refractivity contribution in [3.05, 3.63) is 0 Å². The van der Waals surface area contributed by atoms with E-state index in [0.717, 1.165) is 0 Å². The minimum Gasteiger partial charge on any atom is -0.393 e. The van der Waals surface area contributed by atoms with E-state index in [-0.39, 0.29) is 18.9 Å². The molecule has 66 valence electrons. The van der Waals surface area contributed by atoms with Crippen molar-refractivity contribution in [2.75, 3.05) is 13.2 Å². The molecule has 0 aliphatic carbocycles. The summed E-state index contributed by atoms with van der Waals surface area (Å²) < 4.78 is 28.6. The minimum absolute atomic E-state index is 0.249. The van der Waals surface area contributed by atoms with Gasteiger partial charge in [0.25, 0.3) is 0 Å². The maximum Gasteiger partial charge on any atom is 0.239 e. The molecule has 1 aliphatic heterocycles. The summed E-state index contributed by atoms with van der Waals surface area (Å²) in [6, 6.07) is 0. The summed E-state index contributed by atoms with van der Waals surface area (Å²) in [5, 5.41) is 9.20. The summed E-state index contributed by atoms with van der Waals surface area (Å²) in [6.07, 6.45) is -2.70. The van der Waals surface area contributed by atoms with Crippen molar-refractivity contribution >= 4 is 0 Å². The summed E-state index contributed by atoms with van der Waals surface area (Å²) >= 11 is 0. The zero-order valence-corrected chi connectivity index (χ0v) is 6.17. The van der Waals surface area contributed by atoms with Crippen LogP contribution < -0.4 is 0 Å². The monoisotopic (exact) mass is 166 g/mol. The van der Waals surface area contributed by atoms with Gasteiger partial charge in [-0.15, -0.1) is 0 Å². The van der Waals surface area contributed by atoms with Gasteiger partial charge in [-0.25, -0.2) is 8.78 Å². The van der Waals surface area contributed by atoms with E-state index in [4.69, 9.17) is 4.74 Å². The molecule has 0 spiro atoms. The molecule has 0 bridgehead atoms. The van der Waals surface area contributed by atoms with Crippen LogP contribution in [0.25, 0.3) is 0 Å². The molecule has 0 saturated carbocycles. The Morgan fingerprint density at radius 3 is 2.82 bits per heavy atom. The fourth-order valence-corrected chi connectivity index (χ4v) is 1.24. The van der Waals surface area contributed by atoms with Gasteiger partial charge >= 0.3 is 0 Å². The third-order valence-electron chi connectivity index (χ3n) is 1.91. The Hall–Kier alpha value is -0.220. The van der Waals surface area contributed by atoms with Crippen molar-refractivity contribution in [2.24, 2.45) is 5.92 Å². The highest BCUT2D eigenvalue weighted by atomic mass is 19.3. The number of aliphatic hydroxyl groups excluding tert-OH is 1. The second-order valence-corrected chi connectivity index (χ2v) is 2.82. The van der Waals surface area contributed by atoms with Crippen molar-refractivity contribution in [1.82, 2.24) is 0 Å². The maximum atomic E-state index is 11.8. The first-order valence-corrected chi connectivity index (χ1v) is 3.74. The van der Waals surface area contributed by atoms with Crippen molar-refractivity contribution in [3.63, 3.8) is 0 Å². The average molecular weight is 166 g/mol. The molecule has 0 aromatic rings. The van der Waals surface area contributed by atoms with E-state index >= 15 is 0 Å². The Morgan fingerprint density at radius 2 is 2.27 bits per heavy atom. The molecule has 4 heteroatoms. The average Bonchev–Trinajstić information content (AvgIpc) is 1.93. The molecule has 1 heterocycles. The van der Waals surface area contributed by atoms with E-state index in [1.807, 2.05) is 0 Å². The lowest BCUT2D eigenvalue weighted by molar-refractivity contribution is -0.0560. The molecule has 2 atom stereocenters. The molecular weight excluding hydrogens is 154 g/mol. The number of hydrogen-bond donors (Lipinski definition) is 1. The fraction of sp³-hybridized carbons (Fsp3) is 1.00. The standard InChI is InChI=1S/C7H12F2O2/c8-7(9)3-5-4-11-2-1-6(5)10/h5-7,10H,1-4H2. The van der Waals surface area contributed by atoms with E-state index in [0.29, 0.717) is 13.0 Å². The second-order valence-electron chi connectivity index (χ2n) is 2.82. The van der Waals surface area contributed by atoms with E-state index in [2.05, 4.69) is 0 Å². The zero-order chi connectivity index (χ0) is 8.27. The Kier molecular flexibility index (Phi) is 3.20. The summed E-state index contributed by atoms with van der Waals surface area (Å²) in [6.45, 7) is 0.756. The Balaban J connectivity index is 2.29. The maximum absolute atomic E-state index is 11.8. The summed E-state index contributed by atoms with van der Waals surface area (Å²) in [5.41, 5.74) is 0. The molecule has 11 heavy (non-hydrogen) atoms. The van der Waals surface area contributed by atoms with Gasteiger partial charge in [0.1, 0.15) is 0 Å². The summed E-state index contributed by atoms with van der Waals surface area (Å²) in [5.74, 6) is -0.372. The van der Waals surface area contributed by atoms with Crippen LogP contribution in [-0.4, -0.2) is 30.8 Å². The molecule has 1 aliphatic rings. The molecule has 1 saturated heterocycles. The fourth-order valence-electron chi connectivity index (χ4n) is 1.24. The van der Waals surface area contributed by atoms with Crippen LogP contribution in [0.2, 0.25) is 0 Å². The third-order valence-corrected chi connectivity index (χ3v) is 1.91. The van der Waals surface area contributed by atoms with E-state index in [1.165, 1.54) is 0 Å². The normalized spacial score (nSPS) is 32.7.